The Morgan fingerprint density at radius 2 is 0.750 bits per heavy atom. The van der Waals surface area contributed by atoms with Crippen LogP contribution in [0, 0.1) is 39.9 Å². The van der Waals surface area contributed by atoms with Gasteiger partial charge in [-0.15, -0.1) is 0 Å². The molecule has 0 bridgehead atoms. The van der Waals surface area contributed by atoms with Crippen LogP contribution in [0.15, 0.2) is 0 Å². The van der Waals surface area contributed by atoms with Crippen molar-refractivity contribution in [3.05, 3.63) is 0 Å². The monoisotopic (exact) mass is 1310 g/mol. The van der Waals surface area contributed by atoms with Gasteiger partial charge in [-0.2, -0.15) is 0 Å². The van der Waals surface area contributed by atoms with E-state index in [1.807, 2.05) is 0 Å². The summed E-state index contributed by atoms with van der Waals surface area (Å²) in [7, 11) is 0. The standard InChI is InChI=1S/C42H75N7O30.Gd/c50-14-18(54)37(78-41-35(72)29(66)27(64)20(16-52)76-41)31(68)33(70)39(74)45-3-1-43-22(56)9-48(12-25(60)61)7-5-47(11-24(58)59)6-8-49(13-26(62)63)10-23(57)44-2-4-46-40(75)34(71)32(69)38(19(55)15-51)79-42-36(73)30(67)28(65)21(17-53)77-42;/h18-21,27-38,41-42,50-55,64-73H,1-17H2,(H,43,56)(H,44,57)(H,45,74)(H,46,75)(H,58,59)(H,60,61)(H,62,63);/q;+3/p-3/t18-,19-,20-,21-,27-,28-,29+,30+,31-,32-,33-,34-,35-,36-,37-,38-,41+,42+;/m1./s1. The zero-order chi connectivity index (χ0) is 59.8. The molecule has 0 spiro atoms. The molecule has 0 aliphatic carbocycles. The summed E-state index contributed by atoms with van der Waals surface area (Å²) >= 11 is 0. The van der Waals surface area contributed by atoms with Crippen LogP contribution < -0.4 is 36.6 Å². The predicted molar refractivity (Wildman–Crippen MR) is 244 cm³/mol. The molecular formula is C42H72GdN7O30. The first-order valence-electron chi connectivity index (χ1n) is 24.2. The second-order valence-corrected chi connectivity index (χ2v) is 18.1. The molecule has 38 heteroatoms. The van der Waals surface area contributed by atoms with Crippen molar-refractivity contribution < 1.29 is 189 Å². The maximum absolute atomic E-state index is 12.8. The molecule has 2 saturated heterocycles. The second-order valence-electron chi connectivity index (χ2n) is 18.1. The number of carbonyl (C=O) groups excluding carboxylic acids is 7. The van der Waals surface area contributed by atoms with Crippen molar-refractivity contribution in [2.24, 2.45) is 0 Å². The van der Waals surface area contributed by atoms with E-state index in [-0.39, 0.29) is 66.1 Å². The molecule has 463 valence electrons. The molecule has 20 N–H and O–H groups in total. The molecule has 37 nitrogen and oxygen atoms in total. The minimum Gasteiger partial charge on any atom is -0.549 e. The van der Waals surface area contributed by atoms with Crippen molar-refractivity contribution in [2.75, 3.05) is 112 Å². The maximum Gasteiger partial charge on any atom is 3.00 e. The van der Waals surface area contributed by atoms with E-state index in [0.717, 1.165) is 14.7 Å². The fourth-order valence-corrected chi connectivity index (χ4v) is 7.66. The number of nitrogens with one attached hydrogen (secondary N) is 4. The number of aliphatic carboxylic acids is 3. The van der Waals surface area contributed by atoms with Gasteiger partial charge < -0.3 is 152 Å². The first kappa shape index (κ1) is 74.7. The van der Waals surface area contributed by atoms with E-state index in [9.17, 15) is 131 Å². The molecule has 0 aromatic carbocycles. The second kappa shape index (κ2) is 37.8. The third-order valence-electron chi connectivity index (χ3n) is 12.0. The van der Waals surface area contributed by atoms with Crippen molar-refractivity contribution in [1.82, 2.24) is 36.0 Å². The van der Waals surface area contributed by atoms with Gasteiger partial charge in [0.15, 0.2) is 24.8 Å². The van der Waals surface area contributed by atoms with E-state index < -0.39 is 237 Å². The summed E-state index contributed by atoms with van der Waals surface area (Å²) in [6.07, 6.45) is -36.5. The Hall–Kier alpha value is -3.31. The molecule has 0 aromatic heterocycles. The van der Waals surface area contributed by atoms with E-state index >= 15 is 0 Å². The number of nitrogens with zero attached hydrogens (tertiary/aromatic N) is 3. The van der Waals surface area contributed by atoms with Crippen molar-refractivity contribution in [3.8, 4) is 0 Å². The molecule has 80 heavy (non-hydrogen) atoms. The number of rotatable bonds is 38. The van der Waals surface area contributed by atoms with Gasteiger partial charge in [0, 0.05) is 72.0 Å². The van der Waals surface area contributed by atoms with E-state index in [2.05, 4.69) is 21.3 Å². The average Bonchev–Trinajstić information content (AvgIpc) is 3.40. The van der Waals surface area contributed by atoms with Crippen LogP contribution in [0.2, 0.25) is 0 Å². The summed E-state index contributed by atoms with van der Waals surface area (Å²) in [5, 5.41) is 205. The quantitative estimate of drug-likeness (QED) is 0.0255. The molecule has 4 amide bonds. The SMILES string of the molecule is O=C([O-])CN(CCN(CC(=O)[O-])CC(=O)NCCNC(=O)[C@H](O)[C@@H](O)[C@H](O[C@@H]1O[C@H](CO)[C@@H](O)[C@H](O)[C@H]1O)[C@H](O)CO)CCN(CC(=O)[O-])CC(=O)NCCNC(=O)[C@H](O)[C@@H](O)[C@H](O[C@@H]1O[C@H](CO)[C@@H](O)[C@H](O)[C@H]1O)[C@H](O)CO.[Gd+3]. The molecule has 2 heterocycles. The van der Waals surface area contributed by atoms with Gasteiger partial charge in [0.25, 0.3) is 11.8 Å². The molecule has 2 aliphatic rings. The van der Waals surface area contributed by atoms with E-state index in [1.54, 1.807) is 0 Å². The van der Waals surface area contributed by atoms with E-state index in [0.29, 0.717) is 0 Å². The summed E-state index contributed by atoms with van der Waals surface area (Å²) in [4.78, 5) is 88.7. The zero-order valence-corrected chi connectivity index (χ0v) is 44.7. The molecule has 2 rings (SSSR count). The van der Waals surface area contributed by atoms with Crippen molar-refractivity contribution in [3.63, 3.8) is 0 Å². The summed E-state index contributed by atoms with van der Waals surface area (Å²) in [5.74, 6) is -9.40. The number of carboxylic acid groups (broad SMARTS) is 3. The Balaban J connectivity index is 0.0000320. The zero-order valence-electron chi connectivity index (χ0n) is 42.5. The van der Waals surface area contributed by atoms with Crippen molar-refractivity contribution in [2.45, 2.75) is 110 Å². The van der Waals surface area contributed by atoms with Gasteiger partial charge in [0.05, 0.1) is 57.4 Å². The summed E-state index contributed by atoms with van der Waals surface area (Å²) in [6, 6.07) is 0. The van der Waals surface area contributed by atoms with Crippen LogP contribution in [0.25, 0.3) is 0 Å². The van der Waals surface area contributed by atoms with Crippen molar-refractivity contribution >= 4 is 41.5 Å². The predicted octanol–water partition coefficient (Wildman–Crippen LogP) is -19.9. The Kier molecular flexibility index (Phi) is 35.3. The summed E-state index contributed by atoms with van der Waals surface area (Å²) < 4.78 is 20.8. The molecule has 1 radical (unpaired) electrons. The molecule has 2 fully saturated rings. The minimum atomic E-state index is -2.43. The summed E-state index contributed by atoms with van der Waals surface area (Å²) in [6.45, 7) is -11.1. The van der Waals surface area contributed by atoms with Gasteiger partial charge in [-0.1, -0.05) is 0 Å². The Bertz CT molecular complexity index is 1780. The van der Waals surface area contributed by atoms with Gasteiger partial charge in [-0.05, 0) is 0 Å². The van der Waals surface area contributed by atoms with Crippen LogP contribution in [0.1, 0.15) is 0 Å². The normalized spacial score (nSPS) is 26.2. The Labute approximate surface area is 486 Å². The van der Waals surface area contributed by atoms with Gasteiger partial charge in [0.2, 0.25) is 11.8 Å². The number of hydrogen-bond donors (Lipinski definition) is 20. The molecule has 0 saturated carbocycles. The fraction of sp³-hybridized carbons (Fsp3) is 0.833. The number of aliphatic hydroxyl groups excluding tert-OH is 16. The maximum atomic E-state index is 12.8. The number of carbonyl (C=O) groups is 7. The van der Waals surface area contributed by atoms with Crippen LogP contribution in [-0.4, -0.2) is 360 Å². The van der Waals surface area contributed by atoms with Crippen LogP contribution in [0.5, 0.6) is 0 Å². The van der Waals surface area contributed by atoms with Gasteiger partial charge >= 0.3 is 39.9 Å². The minimum absolute atomic E-state index is 0. The number of carboxylic acids is 3. The van der Waals surface area contributed by atoms with Crippen LogP contribution >= 0.6 is 0 Å². The van der Waals surface area contributed by atoms with E-state index in [1.165, 1.54) is 0 Å². The van der Waals surface area contributed by atoms with Crippen LogP contribution in [0.3, 0.4) is 0 Å². The number of aliphatic hydroxyl groups is 16. The van der Waals surface area contributed by atoms with Crippen LogP contribution in [0.4, 0.5) is 0 Å². The molecule has 2 aliphatic heterocycles. The third kappa shape index (κ3) is 24.5. The Morgan fingerprint density at radius 3 is 1.05 bits per heavy atom. The average molecular weight is 1310 g/mol. The first-order valence-corrected chi connectivity index (χ1v) is 24.2. The first-order chi connectivity index (χ1) is 37.1. The van der Waals surface area contributed by atoms with Crippen molar-refractivity contribution in [1.29, 1.82) is 0 Å². The summed E-state index contributed by atoms with van der Waals surface area (Å²) in [5.41, 5.74) is 0. The van der Waals surface area contributed by atoms with Gasteiger partial charge in [-0.3, -0.25) is 33.9 Å². The van der Waals surface area contributed by atoms with Crippen LogP contribution in [-0.2, 0) is 52.5 Å². The van der Waals surface area contributed by atoms with E-state index in [4.69, 9.17) is 18.9 Å². The number of hydrogen-bond acceptors (Lipinski definition) is 33. The fourth-order valence-electron chi connectivity index (χ4n) is 7.66. The Morgan fingerprint density at radius 1 is 0.450 bits per heavy atom. The molecule has 0 aromatic rings. The molecular weight excluding hydrogens is 1240 g/mol. The topological polar surface area (TPSA) is 607 Å². The molecule has 0 unspecified atom stereocenters. The number of amides is 4. The van der Waals surface area contributed by atoms with Gasteiger partial charge in [-0.25, -0.2) is 0 Å². The number of ether oxygens (including phenoxy) is 4. The third-order valence-corrected chi connectivity index (χ3v) is 12.0. The molecule has 18 atom stereocenters. The largest absolute Gasteiger partial charge is 3.00 e. The smallest absolute Gasteiger partial charge is 0.549 e. The van der Waals surface area contributed by atoms with Gasteiger partial charge in [0.1, 0.15) is 85.5 Å².